The fourth-order valence-electron chi connectivity index (χ4n) is 2.46. The van der Waals surface area contributed by atoms with Crippen LogP contribution in [0.4, 0.5) is 18.9 Å². The number of nitrogens with zero attached hydrogens (tertiary/aromatic N) is 3. The zero-order valence-electron chi connectivity index (χ0n) is 13.3. The smallest absolute Gasteiger partial charge is 0.343 e. The first-order chi connectivity index (χ1) is 12.1. The maximum absolute atomic E-state index is 14.9. The molecule has 0 saturated carbocycles. The summed E-state index contributed by atoms with van der Waals surface area (Å²) < 4.78 is 68.5. The first-order valence-corrected chi connectivity index (χ1v) is 8.79. The third-order valence-corrected chi connectivity index (χ3v) is 5.20. The highest BCUT2D eigenvalue weighted by molar-refractivity contribution is 7.92. The molecule has 0 unspecified atom stereocenters. The van der Waals surface area contributed by atoms with Gasteiger partial charge in [-0.3, -0.25) is 4.79 Å². The Morgan fingerprint density at radius 1 is 1.38 bits per heavy atom. The van der Waals surface area contributed by atoms with Crippen molar-refractivity contribution in [1.29, 1.82) is 0 Å². The van der Waals surface area contributed by atoms with Gasteiger partial charge in [0.05, 0.1) is 6.20 Å². The fourth-order valence-corrected chi connectivity index (χ4v) is 3.63. The summed E-state index contributed by atoms with van der Waals surface area (Å²) in [6.45, 7) is 0.534. The van der Waals surface area contributed by atoms with Crippen molar-refractivity contribution in [2.75, 3.05) is 10.8 Å². The number of rotatable bonds is 4. The second-order valence-electron chi connectivity index (χ2n) is 5.52. The Morgan fingerprint density at radius 2 is 2.08 bits per heavy atom. The summed E-state index contributed by atoms with van der Waals surface area (Å²) in [6.07, 6.45) is 1.37. The SMILES string of the molecule is CCC(F)(F)n1cc(-c2ccc(O)c(N3CC(=O)NS3(=O)=O)c2F)cn1. The molecule has 1 fully saturated rings. The van der Waals surface area contributed by atoms with E-state index >= 15 is 0 Å². The lowest BCUT2D eigenvalue weighted by atomic mass is 10.1. The van der Waals surface area contributed by atoms with Gasteiger partial charge in [0.1, 0.15) is 18.0 Å². The molecule has 0 aliphatic carbocycles. The first-order valence-electron chi connectivity index (χ1n) is 7.35. The molecule has 1 aromatic heterocycles. The second-order valence-corrected chi connectivity index (χ2v) is 7.12. The molecule has 0 bridgehead atoms. The van der Waals surface area contributed by atoms with Crippen LogP contribution in [0.3, 0.4) is 0 Å². The summed E-state index contributed by atoms with van der Waals surface area (Å²) >= 11 is 0. The molecule has 1 aliphatic rings. The van der Waals surface area contributed by atoms with Crippen molar-refractivity contribution >= 4 is 21.8 Å². The van der Waals surface area contributed by atoms with Gasteiger partial charge in [-0.15, -0.1) is 0 Å². The van der Waals surface area contributed by atoms with Crippen molar-refractivity contribution < 1.29 is 31.5 Å². The molecule has 0 spiro atoms. The van der Waals surface area contributed by atoms with E-state index in [9.17, 15) is 31.5 Å². The molecule has 1 amide bonds. The predicted molar refractivity (Wildman–Crippen MR) is 84.2 cm³/mol. The van der Waals surface area contributed by atoms with E-state index < -0.39 is 52.4 Å². The number of phenolic OH excluding ortho intramolecular Hbond substituents is 1. The number of carbonyl (C=O) groups is 1. The van der Waals surface area contributed by atoms with Gasteiger partial charge in [0.2, 0.25) is 0 Å². The summed E-state index contributed by atoms with van der Waals surface area (Å²) in [4.78, 5) is 11.3. The number of aromatic nitrogens is 2. The first kappa shape index (κ1) is 18.0. The third kappa shape index (κ3) is 2.85. The van der Waals surface area contributed by atoms with Crippen molar-refractivity contribution in [3.8, 4) is 16.9 Å². The van der Waals surface area contributed by atoms with Crippen LogP contribution < -0.4 is 9.03 Å². The van der Waals surface area contributed by atoms with Gasteiger partial charge in [-0.2, -0.15) is 22.3 Å². The van der Waals surface area contributed by atoms with Crippen molar-refractivity contribution in [3.05, 3.63) is 30.3 Å². The van der Waals surface area contributed by atoms with E-state index in [2.05, 4.69) is 5.10 Å². The van der Waals surface area contributed by atoms with Gasteiger partial charge in [0.15, 0.2) is 5.82 Å². The summed E-state index contributed by atoms with van der Waals surface area (Å²) in [6, 6.07) is -1.18. The lowest BCUT2D eigenvalue weighted by molar-refractivity contribution is -0.117. The van der Waals surface area contributed by atoms with Gasteiger partial charge in [0.25, 0.3) is 5.91 Å². The van der Waals surface area contributed by atoms with Gasteiger partial charge >= 0.3 is 16.3 Å². The average Bonchev–Trinajstić information content (AvgIpc) is 3.13. The minimum absolute atomic E-state index is 0.0484. The van der Waals surface area contributed by atoms with Crippen molar-refractivity contribution in [2.45, 2.75) is 19.4 Å². The molecule has 1 aliphatic heterocycles. The molecule has 2 N–H and O–H groups in total. The zero-order chi connectivity index (χ0) is 19.3. The highest BCUT2D eigenvalue weighted by Crippen LogP contribution is 2.39. The summed E-state index contributed by atoms with van der Waals surface area (Å²) in [5.41, 5.74) is -1.06. The van der Waals surface area contributed by atoms with E-state index in [1.807, 2.05) is 0 Å². The van der Waals surface area contributed by atoms with E-state index in [-0.39, 0.29) is 11.1 Å². The van der Waals surface area contributed by atoms with Gasteiger partial charge in [-0.25, -0.2) is 18.1 Å². The molecular formula is C14H13F3N4O4S. The molecule has 8 nitrogen and oxygen atoms in total. The topological polar surface area (TPSA) is 105 Å². The molecule has 140 valence electrons. The van der Waals surface area contributed by atoms with Crippen molar-refractivity contribution in [2.24, 2.45) is 0 Å². The molecule has 1 aromatic carbocycles. The Balaban J connectivity index is 2.11. The van der Waals surface area contributed by atoms with Crippen LogP contribution in [0, 0.1) is 5.82 Å². The summed E-state index contributed by atoms with van der Waals surface area (Å²) in [5, 5.41) is 13.4. The number of carbonyl (C=O) groups excluding carboxylic acids is 1. The van der Waals surface area contributed by atoms with Gasteiger partial charge in [0, 0.05) is 23.7 Å². The lowest BCUT2D eigenvalue weighted by Crippen LogP contribution is -2.30. The monoisotopic (exact) mass is 390 g/mol. The summed E-state index contributed by atoms with van der Waals surface area (Å²) in [5.74, 6) is -2.81. The standard InChI is InChI=1S/C14H13F3N4O4S/c1-2-14(16,17)21-6-8(5-18-21)9-3-4-10(22)13(12(9)15)20-7-11(23)19-26(20,24)25/h3-6,22H,2,7H2,1H3,(H,19,23). The van der Waals surface area contributed by atoms with Crippen LogP contribution in [-0.2, 0) is 21.1 Å². The Hall–Kier alpha value is -2.76. The van der Waals surface area contributed by atoms with Crippen LogP contribution in [0.1, 0.15) is 13.3 Å². The second kappa shape index (κ2) is 5.90. The number of phenols is 1. The number of aromatic hydroxyl groups is 1. The molecule has 26 heavy (non-hydrogen) atoms. The van der Waals surface area contributed by atoms with E-state index in [1.54, 1.807) is 4.72 Å². The molecule has 3 rings (SSSR count). The van der Waals surface area contributed by atoms with Crippen LogP contribution in [0.25, 0.3) is 11.1 Å². The Morgan fingerprint density at radius 3 is 2.65 bits per heavy atom. The number of benzene rings is 1. The molecule has 0 radical (unpaired) electrons. The van der Waals surface area contributed by atoms with Crippen LogP contribution >= 0.6 is 0 Å². The molecule has 0 atom stereocenters. The largest absolute Gasteiger partial charge is 0.506 e. The maximum Gasteiger partial charge on any atom is 0.343 e. The lowest BCUT2D eigenvalue weighted by Gasteiger charge is -2.18. The zero-order valence-corrected chi connectivity index (χ0v) is 14.1. The molecule has 12 heteroatoms. The number of hydrogen-bond donors (Lipinski definition) is 2. The van der Waals surface area contributed by atoms with Gasteiger partial charge < -0.3 is 5.11 Å². The highest BCUT2D eigenvalue weighted by Gasteiger charge is 2.38. The number of halogens is 3. The molecule has 1 saturated heterocycles. The van der Waals surface area contributed by atoms with Crippen molar-refractivity contribution in [3.63, 3.8) is 0 Å². The number of hydrogen-bond acceptors (Lipinski definition) is 5. The number of amides is 1. The van der Waals surface area contributed by atoms with Gasteiger partial charge in [-0.05, 0) is 12.1 Å². The predicted octanol–water partition coefficient (Wildman–Crippen LogP) is 1.54. The van der Waals surface area contributed by atoms with Crippen LogP contribution in [0.5, 0.6) is 5.75 Å². The van der Waals surface area contributed by atoms with E-state index in [1.165, 1.54) is 6.92 Å². The molecule has 2 heterocycles. The minimum atomic E-state index is -4.36. The minimum Gasteiger partial charge on any atom is -0.506 e. The number of anilines is 1. The number of nitrogens with one attached hydrogen (secondary N) is 1. The highest BCUT2D eigenvalue weighted by atomic mass is 32.2. The normalized spacial score (nSPS) is 16.8. The van der Waals surface area contributed by atoms with Crippen LogP contribution in [0.2, 0.25) is 0 Å². The Kier molecular flexibility index (Phi) is 4.09. The van der Waals surface area contributed by atoms with E-state index in [4.69, 9.17) is 0 Å². The third-order valence-electron chi connectivity index (χ3n) is 3.82. The quantitative estimate of drug-likeness (QED) is 0.824. The fraction of sp³-hybridized carbons (Fsp3) is 0.286. The average molecular weight is 390 g/mol. The maximum atomic E-state index is 14.9. The molecular weight excluding hydrogens is 377 g/mol. The van der Waals surface area contributed by atoms with Crippen LogP contribution in [0.15, 0.2) is 24.5 Å². The van der Waals surface area contributed by atoms with Gasteiger partial charge in [-0.1, -0.05) is 6.92 Å². The number of alkyl halides is 2. The Bertz CT molecular complexity index is 990. The van der Waals surface area contributed by atoms with E-state index in [0.29, 0.717) is 8.99 Å². The van der Waals surface area contributed by atoms with E-state index in [0.717, 1.165) is 24.5 Å². The summed E-state index contributed by atoms with van der Waals surface area (Å²) in [7, 11) is -4.36. The molecule has 2 aromatic rings. The Labute approximate surface area is 146 Å². The van der Waals surface area contributed by atoms with Crippen LogP contribution in [-0.4, -0.2) is 35.8 Å². The van der Waals surface area contributed by atoms with Crippen molar-refractivity contribution in [1.82, 2.24) is 14.5 Å².